The van der Waals surface area contributed by atoms with E-state index in [0.29, 0.717) is 0 Å². The number of hydrogen-bond donors (Lipinski definition) is 0. The van der Waals surface area contributed by atoms with Crippen LogP contribution in [0.25, 0.3) is 0 Å². The van der Waals surface area contributed by atoms with Gasteiger partial charge in [-0.2, -0.15) is 5.26 Å². The smallest absolute Gasteiger partial charge is 0.309 e. The van der Waals surface area contributed by atoms with Crippen LogP contribution in [0, 0.1) is 28.6 Å². The number of nitrogens with zero attached hydrogens (tertiary/aromatic N) is 1. The highest BCUT2D eigenvalue weighted by molar-refractivity contribution is 5.72. The van der Waals surface area contributed by atoms with Crippen molar-refractivity contribution in [3.8, 4) is 6.07 Å². The van der Waals surface area contributed by atoms with Gasteiger partial charge in [-0.3, -0.25) is 4.79 Å². The first kappa shape index (κ1) is 22.3. The van der Waals surface area contributed by atoms with E-state index < -0.39 is 0 Å². The molecule has 0 unspecified atom stereocenters. The third kappa shape index (κ3) is 7.13. The maximum atomic E-state index is 12.6. The monoisotopic (exact) mass is 375 g/mol. The topological polar surface area (TPSA) is 50.1 Å². The summed E-state index contributed by atoms with van der Waals surface area (Å²) in [5, 5.41) is 9.73. The summed E-state index contributed by atoms with van der Waals surface area (Å²) in [6.45, 7) is 4.48. The summed E-state index contributed by atoms with van der Waals surface area (Å²) in [4.78, 5) is 12.6. The molecule has 0 heterocycles. The molecule has 2 rings (SSSR count). The van der Waals surface area contributed by atoms with Gasteiger partial charge in [0.2, 0.25) is 0 Å². The number of hydrogen-bond acceptors (Lipinski definition) is 3. The highest BCUT2D eigenvalue weighted by Gasteiger charge is 2.38. The summed E-state index contributed by atoms with van der Waals surface area (Å²) in [6.07, 6.45) is 17.9. The van der Waals surface area contributed by atoms with Gasteiger partial charge in [-0.15, -0.1) is 0 Å². The number of carbonyl (C=O) groups excluding carboxylic acids is 1. The quantitative estimate of drug-likeness (QED) is 0.306. The zero-order valence-corrected chi connectivity index (χ0v) is 17.8. The third-order valence-electron chi connectivity index (χ3n) is 7.05. The molecular formula is C24H41NO2. The van der Waals surface area contributed by atoms with Crippen molar-refractivity contribution < 1.29 is 9.53 Å². The first-order valence-corrected chi connectivity index (χ1v) is 11.7. The van der Waals surface area contributed by atoms with Gasteiger partial charge >= 0.3 is 5.97 Å². The summed E-state index contributed by atoms with van der Waals surface area (Å²) >= 11 is 0. The highest BCUT2D eigenvalue weighted by Crippen LogP contribution is 2.43. The van der Waals surface area contributed by atoms with Gasteiger partial charge < -0.3 is 4.74 Å². The van der Waals surface area contributed by atoms with Gasteiger partial charge in [0.05, 0.1) is 17.4 Å². The molecule has 0 spiro atoms. The minimum Gasteiger partial charge on any atom is -0.462 e. The fourth-order valence-corrected chi connectivity index (χ4v) is 5.10. The molecule has 3 nitrogen and oxygen atoms in total. The van der Waals surface area contributed by atoms with Crippen LogP contribution in [0.3, 0.4) is 0 Å². The number of ether oxygens (including phenoxy) is 1. The fourth-order valence-electron chi connectivity index (χ4n) is 5.10. The Kier molecular flexibility index (Phi) is 9.66. The van der Waals surface area contributed by atoms with Gasteiger partial charge in [0, 0.05) is 0 Å². The predicted octanol–water partition coefficient (Wildman–Crippen LogP) is 6.95. The molecule has 0 aromatic rings. The van der Waals surface area contributed by atoms with Crippen LogP contribution in [-0.2, 0) is 9.53 Å². The van der Waals surface area contributed by atoms with Crippen LogP contribution in [0.1, 0.15) is 117 Å². The van der Waals surface area contributed by atoms with E-state index in [1.807, 2.05) is 0 Å². The summed E-state index contributed by atoms with van der Waals surface area (Å²) in [7, 11) is 0. The second-order valence-electron chi connectivity index (χ2n) is 9.20. The van der Waals surface area contributed by atoms with Crippen molar-refractivity contribution in [1.29, 1.82) is 5.26 Å². The number of rotatable bonds is 10. The van der Waals surface area contributed by atoms with Crippen LogP contribution in [-0.4, -0.2) is 12.1 Å². The summed E-state index contributed by atoms with van der Waals surface area (Å²) in [6, 6.07) is 2.61. The van der Waals surface area contributed by atoms with Crippen LogP contribution < -0.4 is 0 Å². The van der Waals surface area contributed by atoms with Crippen molar-refractivity contribution in [1.82, 2.24) is 0 Å². The molecule has 0 aliphatic heterocycles. The number of carbonyl (C=O) groups is 1. The van der Waals surface area contributed by atoms with Crippen molar-refractivity contribution in [3.05, 3.63) is 0 Å². The molecule has 3 heteroatoms. The average Bonchev–Trinajstić information content (AvgIpc) is 2.70. The summed E-state index contributed by atoms with van der Waals surface area (Å²) in [5.74, 6) is 0.886. The maximum Gasteiger partial charge on any atom is 0.309 e. The molecule has 0 aromatic heterocycles. The molecule has 0 radical (unpaired) electrons. The number of unbranched alkanes of at least 4 members (excludes halogenated alkanes) is 4. The molecule has 2 aliphatic carbocycles. The Morgan fingerprint density at radius 2 is 1.63 bits per heavy atom. The molecule has 2 fully saturated rings. The lowest BCUT2D eigenvalue weighted by molar-refractivity contribution is -0.157. The molecule has 154 valence electrons. The first-order chi connectivity index (χ1) is 13.1. The van der Waals surface area contributed by atoms with Crippen LogP contribution in [0.15, 0.2) is 0 Å². The molecule has 2 aliphatic rings. The van der Waals surface area contributed by atoms with Crippen molar-refractivity contribution in [2.45, 2.75) is 123 Å². The van der Waals surface area contributed by atoms with Gasteiger partial charge in [-0.05, 0) is 63.7 Å². The fraction of sp³-hybridized carbons (Fsp3) is 0.917. The summed E-state index contributed by atoms with van der Waals surface area (Å²) < 4.78 is 5.86. The van der Waals surface area contributed by atoms with Gasteiger partial charge in [0.25, 0.3) is 0 Å². The lowest BCUT2D eigenvalue weighted by atomic mass is 9.69. The summed E-state index contributed by atoms with van der Waals surface area (Å²) in [5.41, 5.74) is -0.179. The Morgan fingerprint density at radius 3 is 2.22 bits per heavy atom. The molecule has 0 aromatic carbocycles. The second kappa shape index (κ2) is 11.7. The Hall–Kier alpha value is -1.04. The maximum absolute atomic E-state index is 12.6. The standard InChI is InChI=1S/C24H41NO2/c1-3-5-6-7-8-16-24(19-25)17-14-21(15-18-24)23(26)27-22-12-10-20(9-4-2)11-13-22/h20-22H,3-18H2,1-2H3/t20?,21-,22?,24-. The molecule has 0 saturated heterocycles. The van der Waals surface area contributed by atoms with E-state index in [4.69, 9.17) is 4.74 Å². The minimum absolute atomic E-state index is 0.0171. The van der Waals surface area contributed by atoms with Crippen LogP contribution in [0.4, 0.5) is 0 Å². The van der Waals surface area contributed by atoms with Crippen LogP contribution in [0.5, 0.6) is 0 Å². The largest absolute Gasteiger partial charge is 0.462 e. The Bertz CT molecular complexity index is 465. The molecule has 0 bridgehead atoms. The normalized spacial score (nSPS) is 31.2. The molecule has 27 heavy (non-hydrogen) atoms. The van der Waals surface area contributed by atoms with Crippen molar-refractivity contribution in [2.75, 3.05) is 0 Å². The van der Waals surface area contributed by atoms with Crippen molar-refractivity contribution >= 4 is 5.97 Å². The molecule has 2 saturated carbocycles. The lowest BCUT2D eigenvalue weighted by Gasteiger charge is -2.35. The average molecular weight is 376 g/mol. The van der Waals surface area contributed by atoms with E-state index in [1.54, 1.807) is 0 Å². The van der Waals surface area contributed by atoms with Crippen molar-refractivity contribution in [2.24, 2.45) is 17.3 Å². The van der Waals surface area contributed by atoms with E-state index in [9.17, 15) is 10.1 Å². The zero-order valence-electron chi connectivity index (χ0n) is 17.8. The van der Waals surface area contributed by atoms with E-state index in [2.05, 4.69) is 19.9 Å². The van der Waals surface area contributed by atoms with Crippen LogP contribution >= 0.6 is 0 Å². The Labute approximate surface area is 167 Å². The Morgan fingerprint density at radius 1 is 0.963 bits per heavy atom. The SMILES string of the molecule is CCCCCCC[C@]1(C#N)CC[C@H](C(=O)OC2CCC(CCC)CC2)CC1. The minimum atomic E-state index is -0.179. The van der Waals surface area contributed by atoms with Gasteiger partial charge in [0.15, 0.2) is 0 Å². The van der Waals surface area contributed by atoms with E-state index in [-0.39, 0.29) is 23.4 Å². The third-order valence-corrected chi connectivity index (χ3v) is 7.05. The molecule has 0 amide bonds. The lowest BCUT2D eigenvalue weighted by Crippen LogP contribution is -2.33. The molecule has 0 N–H and O–H groups in total. The molecule has 0 atom stereocenters. The highest BCUT2D eigenvalue weighted by atomic mass is 16.5. The van der Waals surface area contributed by atoms with Gasteiger partial charge in [-0.25, -0.2) is 0 Å². The van der Waals surface area contributed by atoms with E-state index >= 15 is 0 Å². The van der Waals surface area contributed by atoms with E-state index in [1.165, 1.54) is 51.4 Å². The molecular weight excluding hydrogens is 334 g/mol. The van der Waals surface area contributed by atoms with Crippen LogP contribution in [0.2, 0.25) is 0 Å². The number of nitriles is 1. The zero-order chi connectivity index (χ0) is 19.5. The predicted molar refractivity (Wildman–Crippen MR) is 110 cm³/mol. The van der Waals surface area contributed by atoms with E-state index in [0.717, 1.165) is 57.3 Å². The second-order valence-corrected chi connectivity index (χ2v) is 9.20. The Balaban J connectivity index is 1.69. The van der Waals surface area contributed by atoms with Gasteiger partial charge in [0.1, 0.15) is 6.10 Å². The van der Waals surface area contributed by atoms with Crippen molar-refractivity contribution in [3.63, 3.8) is 0 Å². The number of esters is 1. The first-order valence-electron chi connectivity index (χ1n) is 11.7. The van der Waals surface area contributed by atoms with Gasteiger partial charge in [-0.1, -0.05) is 58.8 Å².